The van der Waals surface area contributed by atoms with Gasteiger partial charge in [-0.3, -0.25) is 4.79 Å². The molecule has 0 radical (unpaired) electrons. The highest BCUT2D eigenvalue weighted by Crippen LogP contribution is 2.18. The van der Waals surface area contributed by atoms with Gasteiger partial charge in [0.15, 0.2) is 0 Å². The van der Waals surface area contributed by atoms with E-state index in [1.165, 1.54) is 0 Å². The van der Waals surface area contributed by atoms with Crippen molar-refractivity contribution >= 4 is 5.91 Å². The Kier molecular flexibility index (Phi) is 2.88. The average Bonchev–Trinajstić information content (AvgIpc) is 2.67. The first-order valence-corrected chi connectivity index (χ1v) is 4.09. The van der Waals surface area contributed by atoms with E-state index < -0.39 is 0 Å². The molecule has 11 heavy (non-hydrogen) atoms. The molecule has 0 aromatic heterocycles. The number of rotatable bonds is 4. The highest BCUT2D eigenvalue weighted by molar-refractivity contribution is 5.77. The van der Waals surface area contributed by atoms with Crippen molar-refractivity contribution in [3.63, 3.8) is 0 Å². The van der Waals surface area contributed by atoms with Crippen LogP contribution >= 0.6 is 0 Å². The number of amides is 1. The summed E-state index contributed by atoms with van der Waals surface area (Å²) in [4.78, 5) is 11.0. The van der Waals surface area contributed by atoms with Crippen LogP contribution in [0.15, 0.2) is 0 Å². The van der Waals surface area contributed by atoms with Crippen LogP contribution in [0, 0.1) is 0 Å². The first kappa shape index (κ1) is 8.53. The molecule has 0 heterocycles. The molecule has 1 aliphatic rings. The minimum absolute atomic E-state index is 0.0150. The summed E-state index contributed by atoms with van der Waals surface area (Å²) < 4.78 is 5.12. The van der Waals surface area contributed by atoms with Crippen LogP contribution in [-0.4, -0.2) is 24.7 Å². The first-order valence-electron chi connectivity index (χ1n) is 4.09. The molecule has 0 unspecified atom stereocenters. The maximum atomic E-state index is 11.0. The Morgan fingerprint density at radius 1 is 1.64 bits per heavy atom. The zero-order valence-electron chi connectivity index (χ0n) is 7.09. The van der Waals surface area contributed by atoms with Gasteiger partial charge in [0.1, 0.15) is 6.61 Å². The molecule has 0 saturated heterocycles. The number of carbonyl (C=O) groups excluding carboxylic acids is 1. The largest absolute Gasteiger partial charge is 0.369 e. The summed E-state index contributed by atoms with van der Waals surface area (Å²) in [6.07, 6.45) is 2.40. The summed E-state index contributed by atoms with van der Waals surface area (Å²) in [5.74, 6) is 0.0150. The molecule has 0 aromatic rings. The predicted molar refractivity (Wildman–Crippen MR) is 42.3 cm³/mol. The van der Waals surface area contributed by atoms with Gasteiger partial charge in [-0.1, -0.05) is 0 Å². The number of nitrogens with one attached hydrogen (secondary N) is 1. The van der Waals surface area contributed by atoms with Gasteiger partial charge in [0.25, 0.3) is 0 Å². The molecule has 1 fully saturated rings. The molecule has 0 spiro atoms. The Morgan fingerprint density at radius 2 is 2.27 bits per heavy atom. The van der Waals surface area contributed by atoms with Crippen LogP contribution in [0.1, 0.15) is 26.7 Å². The van der Waals surface area contributed by atoms with Crippen molar-refractivity contribution in [2.24, 2.45) is 0 Å². The molecule has 1 N–H and O–H groups in total. The van der Waals surface area contributed by atoms with Crippen molar-refractivity contribution in [1.29, 1.82) is 0 Å². The van der Waals surface area contributed by atoms with Crippen molar-refractivity contribution in [3.05, 3.63) is 0 Å². The summed E-state index contributed by atoms with van der Waals surface area (Å²) in [6.45, 7) is 4.04. The van der Waals surface area contributed by atoms with E-state index in [1.54, 1.807) is 0 Å². The SMILES string of the molecule is CC(C)OCC(=O)NC1CC1. The molecule has 0 aliphatic heterocycles. The highest BCUT2D eigenvalue weighted by Gasteiger charge is 2.22. The van der Waals surface area contributed by atoms with Gasteiger partial charge in [0.2, 0.25) is 5.91 Å². The van der Waals surface area contributed by atoms with E-state index in [0.717, 1.165) is 12.8 Å². The molecule has 0 atom stereocenters. The molecular weight excluding hydrogens is 142 g/mol. The van der Waals surface area contributed by atoms with Gasteiger partial charge in [0, 0.05) is 6.04 Å². The van der Waals surface area contributed by atoms with Crippen LogP contribution in [0.5, 0.6) is 0 Å². The lowest BCUT2D eigenvalue weighted by Gasteiger charge is -2.06. The van der Waals surface area contributed by atoms with Crippen LogP contribution < -0.4 is 5.32 Å². The third kappa shape index (κ3) is 3.98. The lowest BCUT2D eigenvalue weighted by Crippen LogP contribution is -2.30. The van der Waals surface area contributed by atoms with Crippen molar-refractivity contribution in [3.8, 4) is 0 Å². The molecule has 1 aliphatic carbocycles. The van der Waals surface area contributed by atoms with E-state index in [1.807, 2.05) is 13.8 Å². The zero-order chi connectivity index (χ0) is 8.27. The van der Waals surface area contributed by atoms with Crippen LogP contribution in [-0.2, 0) is 9.53 Å². The van der Waals surface area contributed by atoms with E-state index in [9.17, 15) is 4.79 Å². The van der Waals surface area contributed by atoms with Crippen LogP contribution in [0.25, 0.3) is 0 Å². The molecule has 0 bridgehead atoms. The lowest BCUT2D eigenvalue weighted by molar-refractivity contribution is -0.127. The molecule has 64 valence electrons. The number of ether oxygens (including phenoxy) is 1. The van der Waals surface area contributed by atoms with Gasteiger partial charge in [-0.05, 0) is 26.7 Å². The Morgan fingerprint density at radius 3 is 2.73 bits per heavy atom. The van der Waals surface area contributed by atoms with Crippen molar-refractivity contribution < 1.29 is 9.53 Å². The van der Waals surface area contributed by atoms with Crippen LogP contribution in [0.2, 0.25) is 0 Å². The molecular formula is C8H15NO2. The summed E-state index contributed by atoms with van der Waals surface area (Å²) in [6, 6.07) is 0.443. The van der Waals surface area contributed by atoms with Crippen LogP contribution in [0.4, 0.5) is 0 Å². The first-order chi connectivity index (χ1) is 5.18. The minimum atomic E-state index is 0.0150. The highest BCUT2D eigenvalue weighted by atomic mass is 16.5. The third-order valence-corrected chi connectivity index (χ3v) is 1.49. The van der Waals surface area contributed by atoms with Gasteiger partial charge < -0.3 is 10.1 Å². The Balaban J connectivity index is 2.00. The third-order valence-electron chi connectivity index (χ3n) is 1.49. The molecule has 3 nitrogen and oxygen atoms in total. The van der Waals surface area contributed by atoms with Gasteiger partial charge in [-0.2, -0.15) is 0 Å². The molecule has 1 saturated carbocycles. The summed E-state index contributed by atoms with van der Waals surface area (Å²) in [7, 11) is 0. The average molecular weight is 157 g/mol. The quantitative estimate of drug-likeness (QED) is 0.652. The molecule has 1 amide bonds. The van der Waals surface area contributed by atoms with Crippen molar-refractivity contribution in [2.75, 3.05) is 6.61 Å². The van der Waals surface area contributed by atoms with Gasteiger partial charge >= 0.3 is 0 Å². The molecule has 0 aromatic carbocycles. The smallest absolute Gasteiger partial charge is 0.246 e. The Hall–Kier alpha value is -0.570. The van der Waals surface area contributed by atoms with Crippen molar-refractivity contribution in [1.82, 2.24) is 5.32 Å². The fourth-order valence-corrected chi connectivity index (χ4v) is 0.739. The predicted octanol–water partition coefficient (Wildman–Crippen LogP) is 0.690. The monoisotopic (exact) mass is 157 g/mol. The maximum Gasteiger partial charge on any atom is 0.246 e. The fourth-order valence-electron chi connectivity index (χ4n) is 0.739. The maximum absolute atomic E-state index is 11.0. The second-order valence-electron chi connectivity index (χ2n) is 3.20. The van der Waals surface area contributed by atoms with Gasteiger partial charge in [-0.25, -0.2) is 0 Å². The van der Waals surface area contributed by atoms with E-state index in [2.05, 4.69) is 5.32 Å². The summed E-state index contributed by atoms with van der Waals surface area (Å²) in [5, 5.41) is 2.85. The number of hydrogen-bond acceptors (Lipinski definition) is 2. The summed E-state index contributed by atoms with van der Waals surface area (Å²) >= 11 is 0. The number of hydrogen-bond donors (Lipinski definition) is 1. The molecule has 1 rings (SSSR count). The second-order valence-corrected chi connectivity index (χ2v) is 3.20. The fraction of sp³-hybridized carbons (Fsp3) is 0.875. The minimum Gasteiger partial charge on any atom is -0.369 e. The van der Waals surface area contributed by atoms with E-state index in [-0.39, 0.29) is 18.6 Å². The van der Waals surface area contributed by atoms with E-state index >= 15 is 0 Å². The second kappa shape index (κ2) is 3.72. The normalized spacial score (nSPS) is 17.0. The zero-order valence-corrected chi connectivity index (χ0v) is 7.09. The standard InChI is InChI=1S/C8H15NO2/c1-6(2)11-5-8(10)9-7-3-4-7/h6-7H,3-5H2,1-2H3,(H,9,10). The van der Waals surface area contributed by atoms with Gasteiger partial charge in [0.05, 0.1) is 6.10 Å². The topological polar surface area (TPSA) is 38.3 Å². The van der Waals surface area contributed by atoms with Crippen LogP contribution in [0.3, 0.4) is 0 Å². The Labute approximate surface area is 67.1 Å². The number of carbonyl (C=O) groups is 1. The van der Waals surface area contributed by atoms with E-state index in [0.29, 0.717) is 6.04 Å². The lowest BCUT2D eigenvalue weighted by atomic mass is 10.5. The Bertz CT molecular complexity index is 141. The summed E-state index contributed by atoms with van der Waals surface area (Å²) in [5.41, 5.74) is 0. The van der Waals surface area contributed by atoms with Crippen molar-refractivity contribution in [2.45, 2.75) is 38.8 Å². The molecule has 3 heteroatoms. The van der Waals surface area contributed by atoms with Gasteiger partial charge in [-0.15, -0.1) is 0 Å². The van der Waals surface area contributed by atoms with E-state index in [4.69, 9.17) is 4.74 Å².